The van der Waals surface area contributed by atoms with Gasteiger partial charge in [0.1, 0.15) is 0 Å². The van der Waals surface area contributed by atoms with E-state index < -0.39 is 0 Å². The van der Waals surface area contributed by atoms with Crippen LogP contribution in [0.15, 0.2) is 0 Å². The topological polar surface area (TPSA) is 12.0 Å². The molecular weight excluding hydrogens is 158 g/mol. The number of piperidine rings is 1. The highest BCUT2D eigenvalue weighted by Crippen LogP contribution is 2.31. The van der Waals surface area contributed by atoms with E-state index in [0.29, 0.717) is 0 Å². The molecule has 1 N–H and O–H groups in total. The molecule has 0 radical (unpaired) electrons. The molecule has 13 heavy (non-hydrogen) atoms. The van der Waals surface area contributed by atoms with E-state index >= 15 is 0 Å². The molecule has 1 aliphatic heterocycles. The van der Waals surface area contributed by atoms with E-state index in [2.05, 4.69) is 12.2 Å². The summed E-state index contributed by atoms with van der Waals surface area (Å²) >= 11 is 0. The molecule has 0 aromatic carbocycles. The Bertz CT molecular complexity index is 149. The van der Waals surface area contributed by atoms with Gasteiger partial charge in [-0.15, -0.1) is 0 Å². The number of hydrogen-bond acceptors (Lipinski definition) is 1. The molecule has 0 spiro atoms. The fraction of sp³-hybridized carbons (Fsp3) is 1.00. The molecule has 0 amide bonds. The van der Waals surface area contributed by atoms with E-state index in [1.165, 1.54) is 51.5 Å². The Morgan fingerprint density at radius 3 is 2.46 bits per heavy atom. The maximum atomic E-state index is 3.72. The minimum atomic E-state index is 0.865. The van der Waals surface area contributed by atoms with Crippen LogP contribution in [-0.4, -0.2) is 12.6 Å². The first kappa shape index (κ1) is 9.51. The maximum Gasteiger partial charge on any atom is 0.00978 e. The van der Waals surface area contributed by atoms with Gasteiger partial charge in [-0.25, -0.2) is 0 Å². The lowest BCUT2D eigenvalue weighted by Crippen LogP contribution is -2.43. The second-order valence-electron chi connectivity index (χ2n) is 5.09. The molecule has 2 aliphatic rings. The predicted molar refractivity (Wildman–Crippen MR) is 56.8 cm³/mol. The van der Waals surface area contributed by atoms with Gasteiger partial charge < -0.3 is 5.32 Å². The molecule has 1 saturated heterocycles. The second kappa shape index (κ2) is 4.45. The molecule has 2 atom stereocenters. The van der Waals surface area contributed by atoms with Gasteiger partial charge in [-0.3, -0.25) is 0 Å². The third-order valence-corrected chi connectivity index (χ3v) is 3.92. The minimum absolute atomic E-state index is 0.865. The molecule has 2 unspecified atom stereocenters. The summed E-state index contributed by atoms with van der Waals surface area (Å²) in [6.07, 6.45) is 10.3. The van der Waals surface area contributed by atoms with Crippen molar-refractivity contribution in [3.8, 4) is 0 Å². The van der Waals surface area contributed by atoms with Crippen molar-refractivity contribution >= 4 is 0 Å². The molecule has 1 heteroatoms. The van der Waals surface area contributed by atoms with Crippen LogP contribution in [0.5, 0.6) is 0 Å². The zero-order valence-electron chi connectivity index (χ0n) is 8.89. The molecule has 0 aromatic rings. The zero-order chi connectivity index (χ0) is 9.10. The normalized spacial score (nSPS) is 37.6. The van der Waals surface area contributed by atoms with Crippen molar-refractivity contribution < 1.29 is 0 Å². The van der Waals surface area contributed by atoms with Crippen LogP contribution in [-0.2, 0) is 0 Å². The van der Waals surface area contributed by atoms with Crippen molar-refractivity contribution in [2.24, 2.45) is 11.8 Å². The van der Waals surface area contributed by atoms with Gasteiger partial charge in [-0.2, -0.15) is 0 Å². The summed E-state index contributed by atoms with van der Waals surface area (Å²) in [5.41, 5.74) is 0. The Hall–Kier alpha value is -0.0400. The standard InChI is InChI=1S/C12H23N/c1-10-7-8-13-12(9-10)11-5-3-2-4-6-11/h10-13H,2-9H2,1H3. The molecule has 2 rings (SSSR count). The molecule has 1 aliphatic carbocycles. The van der Waals surface area contributed by atoms with Crippen LogP contribution < -0.4 is 5.32 Å². The maximum absolute atomic E-state index is 3.72. The third kappa shape index (κ3) is 2.46. The van der Waals surface area contributed by atoms with Crippen LogP contribution in [0.4, 0.5) is 0 Å². The summed E-state index contributed by atoms with van der Waals surface area (Å²) in [7, 11) is 0. The first-order chi connectivity index (χ1) is 6.36. The average molecular weight is 181 g/mol. The lowest BCUT2D eigenvalue weighted by molar-refractivity contribution is 0.204. The summed E-state index contributed by atoms with van der Waals surface area (Å²) in [6, 6.07) is 0.865. The average Bonchev–Trinajstić information content (AvgIpc) is 2.19. The highest BCUT2D eigenvalue weighted by atomic mass is 14.9. The van der Waals surface area contributed by atoms with Gasteiger partial charge in [0.15, 0.2) is 0 Å². The van der Waals surface area contributed by atoms with Gasteiger partial charge in [-0.05, 0) is 44.1 Å². The van der Waals surface area contributed by atoms with E-state index in [0.717, 1.165) is 17.9 Å². The summed E-state index contributed by atoms with van der Waals surface area (Å²) in [5.74, 6) is 1.98. The highest BCUT2D eigenvalue weighted by Gasteiger charge is 2.26. The Kier molecular flexibility index (Phi) is 3.26. The molecule has 0 bridgehead atoms. The zero-order valence-corrected chi connectivity index (χ0v) is 8.89. The summed E-state index contributed by atoms with van der Waals surface area (Å²) < 4.78 is 0. The van der Waals surface area contributed by atoms with Crippen molar-refractivity contribution in [1.29, 1.82) is 0 Å². The Labute approximate surface area is 82.3 Å². The first-order valence-corrected chi connectivity index (χ1v) is 6.09. The van der Waals surface area contributed by atoms with E-state index in [4.69, 9.17) is 0 Å². The van der Waals surface area contributed by atoms with Gasteiger partial charge in [0, 0.05) is 6.04 Å². The largest absolute Gasteiger partial charge is 0.314 e. The van der Waals surface area contributed by atoms with Gasteiger partial charge in [0.2, 0.25) is 0 Å². The van der Waals surface area contributed by atoms with Crippen LogP contribution in [0.3, 0.4) is 0 Å². The number of rotatable bonds is 1. The van der Waals surface area contributed by atoms with Crippen LogP contribution >= 0.6 is 0 Å². The smallest absolute Gasteiger partial charge is 0.00978 e. The number of nitrogens with one attached hydrogen (secondary N) is 1. The van der Waals surface area contributed by atoms with E-state index in [1.807, 2.05) is 0 Å². The molecule has 2 fully saturated rings. The van der Waals surface area contributed by atoms with Crippen LogP contribution in [0.1, 0.15) is 51.9 Å². The Morgan fingerprint density at radius 1 is 1.00 bits per heavy atom. The molecule has 0 aromatic heterocycles. The lowest BCUT2D eigenvalue weighted by Gasteiger charge is -2.36. The van der Waals surface area contributed by atoms with Crippen LogP contribution in [0, 0.1) is 11.8 Å². The van der Waals surface area contributed by atoms with Crippen molar-refractivity contribution in [3.63, 3.8) is 0 Å². The van der Waals surface area contributed by atoms with Crippen LogP contribution in [0.25, 0.3) is 0 Å². The Morgan fingerprint density at radius 2 is 1.77 bits per heavy atom. The fourth-order valence-corrected chi connectivity index (χ4v) is 3.05. The van der Waals surface area contributed by atoms with E-state index in [1.54, 1.807) is 0 Å². The lowest BCUT2D eigenvalue weighted by atomic mass is 9.78. The van der Waals surface area contributed by atoms with Crippen molar-refractivity contribution in [1.82, 2.24) is 5.32 Å². The second-order valence-corrected chi connectivity index (χ2v) is 5.09. The van der Waals surface area contributed by atoms with Crippen LogP contribution in [0.2, 0.25) is 0 Å². The van der Waals surface area contributed by atoms with Gasteiger partial charge >= 0.3 is 0 Å². The summed E-state index contributed by atoms with van der Waals surface area (Å²) in [6.45, 7) is 3.68. The monoisotopic (exact) mass is 181 g/mol. The summed E-state index contributed by atoms with van der Waals surface area (Å²) in [5, 5.41) is 3.72. The quantitative estimate of drug-likeness (QED) is 0.656. The predicted octanol–water partition coefficient (Wildman–Crippen LogP) is 2.95. The third-order valence-electron chi connectivity index (χ3n) is 3.92. The summed E-state index contributed by atoms with van der Waals surface area (Å²) in [4.78, 5) is 0. The molecule has 1 nitrogen and oxygen atoms in total. The Balaban J connectivity index is 1.83. The molecule has 76 valence electrons. The van der Waals surface area contributed by atoms with Gasteiger partial charge in [0.05, 0.1) is 0 Å². The van der Waals surface area contributed by atoms with Crippen molar-refractivity contribution in [2.45, 2.75) is 57.9 Å². The minimum Gasteiger partial charge on any atom is -0.314 e. The van der Waals surface area contributed by atoms with Gasteiger partial charge in [-0.1, -0.05) is 26.2 Å². The highest BCUT2D eigenvalue weighted by molar-refractivity contribution is 4.84. The van der Waals surface area contributed by atoms with Crippen molar-refractivity contribution in [2.75, 3.05) is 6.54 Å². The first-order valence-electron chi connectivity index (χ1n) is 6.09. The molecule has 1 heterocycles. The molecule has 1 saturated carbocycles. The van der Waals surface area contributed by atoms with E-state index in [9.17, 15) is 0 Å². The SMILES string of the molecule is CC1CCNC(C2CCCCC2)C1. The molecular formula is C12H23N. The van der Waals surface area contributed by atoms with Crippen molar-refractivity contribution in [3.05, 3.63) is 0 Å². The van der Waals surface area contributed by atoms with Gasteiger partial charge in [0.25, 0.3) is 0 Å². The number of hydrogen-bond donors (Lipinski definition) is 1. The van der Waals surface area contributed by atoms with E-state index in [-0.39, 0.29) is 0 Å². The fourth-order valence-electron chi connectivity index (χ4n) is 3.05.